The molecule has 2 aromatic rings. The van der Waals surface area contributed by atoms with Crippen molar-refractivity contribution in [3.63, 3.8) is 0 Å². The average Bonchev–Trinajstić information content (AvgIpc) is 3.13. The van der Waals surface area contributed by atoms with Crippen molar-refractivity contribution in [1.82, 2.24) is 0 Å². The molecule has 0 radical (unpaired) electrons. The molecule has 2 aromatic carbocycles. The Labute approximate surface area is 192 Å². The van der Waals surface area contributed by atoms with E-state index in [1.54, 1.807) is 12.1 Å². The number of likely N-dealkylation sites (N-methyl/N-ethyl adjacent to an activating group) is 1. The lowest BCUT2D eigenvalue weighted by atomic mass is 9.86. The number of rotatable bonds is 6. The van der Waals surface area contributed by atoms with E-state index in [0.717, 1.165) is 34.3 Å². The van der Waals surface area contributed by atoms with Gasteiger partial charge in [0.25, 0.3) is 0 Å². The Kier molecular flexibility index (Phi) is 8.56. The summed E-state index contributed by atoms with van der Waals surface area (Å²) in [6.07, 6.45) is 1.59. The summed E-state index contributed by atoms with van der Waals surface area (Å²) >= 11 is 3.56. The summed E-state index contributed by atoms with van der Waals surface area (Å²) in [6, 6.07) is 12.4. The van der Waals surface area contributed by atoms with Crippen LogP contribution >= 0.6 is 28.3 Å². The standard InChI is InChI=1S/C23H27BrFNO3.ClH/c1-14(2)29-21-12-7-16(24)13-20(21)26(3)19-11-10-18(23(27)28-4)22(19)15-5-8-17(25)9-6-15;/h5-9,12-14,18-19,22H,10-11H2,1-4H3;1H. The third-order valence-electron chi connectivity index (χ3n) is 5.54. The van der Waals surface area contributed by atoms with Crippen molar-refractivity contribution < 1.29 is 18.7 Å². The van der Waals surface area contributed by atoms with Gasteiger partial charge in [-0.25, -0.2) is 4.39 Å². The number of halogens is 3. The van der Waals surface area contributed by atoms with E-state index in [2.05, 4.69) is 20.8 Å². The molecule has 164 valence electrons. The van der Waals surface area contributed by atoms with Crippen LogP contribution in [0.2, 0.25) is 0 Å². The Hall–Kier alpha value is -1.79. The van der Waals surface area contributed by atoms with Crippen molar-refractivity contribution in [2.75, 3.05) is 19.1 Å². The highest BCUT2D eigenvalue weighted by molar-refractivity contribution is 9.10. The van der Waals surface area contributed by atoms with E-state index in [-0.39, 0.29) is 48.2 Å². The van der Waals surface area contributed by atoms with Crippen LogP contribution in [0.5, 0.6) is 5.75 Å². The zero-order valence-electron chi connectivity index (χ0n) is 17.6. The van der Waals surface area contributed by atoms with Crippen molar-refractivity contribution in [3.05, 3.63) is 58.3 Å². The number of anilines is 1. The van der Waals surface area contributed by atoms with Crippen LogP contribution in [0, 0.1) is 11.7 Å². The van der Waals surface area contributed by atoms with Gasteiger partial charge in [-0.2, -0.15) is 0 Å². The van der Waals surface area contributed by atoms with Crippen molar-refractivity contribution in [3.8, 4) is 5.75 Å². The molecular formula is C23H28BrClFNO3. The lowest BCUT2D eigenvalue weighted by molar-refractivity contribution is -0.145. The van der Waals surface area contributed by atoms with E-state index in [4.69, 9.17) is 9.47 Å². The number of methoxy groups -OCH3 is 1. The zero-order chi connectivity index (χ0) is 21.1. The molecule has 0 bridgehead atoms. The molecule has 4 nitrogen and oxygen atoms in total. The van der Waals surface area contributed by atoms with Crippen molar-refractivity contribution >= 4 is 40.0 Å². The van der Waals surface area contributed by atoms with Crippen molar-refractivity contribution in [2.24, 2.45) is 5.92 Å². The fourth-order valence-corrected chi connectivity index (χ4v) is 4.61. The molecule has 0 amide bonds. The highest BCUT2D eigenvalue weighted by Crippen LogP contribution is 2.45. The van der Waals surface area contributed by atoms with E-state index >= 15 is 0 Å². The first-order valence-electron chi connectivity index (χ1n) is 9.84. The smallest absolute Gasteiger partial charge is 0.309 e. The summed E-state index contributed by atoms with van der Waals surface area (Å²) < 4.78 is 25.6. The van der Waals surface area contributed by atoms with Crippen LogP contribution in [0.4, 0.5) is 10.1 Å². The third-order valence-corrected chi connectivity index (χ3v) is 6.03. The van der Waals surface area contributed by atoms with Gasteiger partial charge in [-0.3, -0.25) is 4.79 Å². The highest BCUT2D eigenvalue weighted by Gasteiger charge is 2.44. The fourth-order valence-electron chi connectivity index (χ4n) is 4.27. The number of carbonyl (C=O) groups excluding carboxylic acids is 1. The Morgan fingerprint density at radius 1 is 1.17 bits per heavy atom. The van der Waals surface area contributed by atoms with Gasteiger partial charge in [0, 0.05) is 23.5 Å². The predicted molar refractivity (Wildman–Crippen MR) is 123 cm³/mol. The van der Waals surface area contributed by atoms with Gasteiger partial charge in [0.05, 0.1) is 24.8 Å². The summed E-state index contributed by atoms with van der Waals surface area (Å²) in [6.45, 7) is 3.99. The SMILES string of the molecule is COC(=O)C1CCC(N(C)c2cc(Br)ccc2OC(C)C)C1c1ccc(F)cc1.Cl. The fraction of sp³-hybridized carbons (Fsp3) is 0.435. The summed E-state index contributed by atoms with van der Waals surface area (Å²) in [5, 5.41) is 0. The molecule has 3 unspecified atom stereocenters. The molecule has 0 N–H and O–H groups in total. The average molecular weight is 501 g/mol. The molecule has 0 spiro atoms. The predicted octanol–water partition coefficient (Wildman–Crippen LogP) is 5.97. The van der Waals surface area contributed by atoms with Crippen LogP contribution in [0.25, 0.3) is 0 Å². The molecule has 0 heterocycles. The molecule has 3 atom stereocenters. The molecule has 1 fully saturated rings. The minimum atomic E-state index is -0.286. The molecule has 1 saturated carbocycles. The second-order valence-electron chi connectivity index (χ2n) is 7.74. The van der Waals surface area contributed by atoms with Crippen LogP contribution < -0.4 is 9.64 Å². The largest absolute Gasteiger partial charge is 0.489 e. The first kappa shape index (κ1) is 24.5. The quantitative estimate of drug-likeness (QED) is 0.458. The molecule has 0 aliphatic heterocycles. The van der Waals surface area contributed by atoms with Gasteiger partial charge in [-0.15, -0.1) is 12.4 Å². The summed E-state index contributed by atoms with van der Waals surface area (Å²) in [7, 11) is 3.44. The van der Waals surface area contributed by atoms with Gasteiger partial charge >= 0.3 is 5.97 Å². The molecule has 1 aliphatic rings. The molecule has 1 aliphatic carbocycles. The second kappa shape index (κ2) is 10.5. The van der Waals surface area contributed by atoms with Crippen LogP contribution in [0.3, 0.4) is 0 Å². The monoisotopic (exact) mass is 499 g/mol. The minimum absolute atomic E-state index is 0. The summed E-state index contributed by atoms with van der Waals surface area (Å²) in [5.41, 5.74) is 1.90. The Morgan fingerprint density at radius 3 is 2.43 bits per heavy atom. The molecule has 30 heavy (non-hydrogen) atoms. The Morgan fingerprint density at radius 2 is 1.83 bits per heavy atom. The van der Waals surface area contributed by atoms with E-state index < -0.39 is 0 Å². The molecule has 0 aromatic heterocycles. The van der Waals surface area contributed by atoms with E-state index in [1.165, 1.54) is 19.2 Å². The van der Waals surface area contributed by atoms with Gasteiger partial charge in [0.1, 0.15) is 11.6 Å². The maximum absolute atomic E-state index is 13.5. The van der Waals surface area contributed by atoms with E-state index in [0.29, 0.717) is 0 Å². The topological polar surface area (TPSA) is 38.8 Å². The molecule has 0 saturated heterocycles. The van der Waals surface area contributed by atoms with Gasteiger partial charge in [0.2, 0.25) is 0 Å². The summed E-state index contributed by atoms with van der Waals surface area (Å²) in [5.74, 6) is -0.0717. The number of hydrogen-bond acceptors (Lipinski definition) is 4. The lowest BCUT2D eigenvalue weighted by Gasteiger charge is -2.34. The van der Waals surface area contributed by atoms with Gasteiger partial charge < -0.3 is 14.4 Å². The van der Waals surface area contributed by atoms with Crippen LogP contribution in [0.15, 0.2) is 46.9 Å². The van der Waals surface area contributed by atoms with Crippen LogP contribution in [-0.4, -0.2) is 32.3 Å². The van der Waals surface area contributed by atoms with E-state index in [9.17, 15) is 9.18 Å². The van der Waals surface area contributed by atoms with Gasteiger partial charge in [0.15, 0.2) is 0 Å². The first-order chi connectivity index (χ1) is 13.8. The molecule has 7 heteroatoms. The maximum atomic E-state index is 13.5. The maximum Gasteiger partial charge on any atom is 0.309 e. The second-order valence-corrected chi connectivity index (χ2v) is 8.66. The van der Waals surface area contributed by atoms with Gasteiger partial charge in [-0.1, -0.05) is 28.1 Å². The number of hydrogen-bond donors (Lipinski definition) is 0. The molecule has 3 rings (SSSR count). The zero-order valence-corrected chi connectivity index (χ0v) is 20.0. The van der Waals surface area contributed by atoms with Crippen LogP contribution in [0.1, 0.15) is 38.2 Å². The minimum Gasteiger partial charge on any atom is -0.489 e. The third kappa shape index (κ3) is 5.27. The number of carbonyl (C=O) groups is 1. The lowest BCUT2D eigenvalue weighted by Crippen LogP contribution is -2.37. The van der Waals surface area contributed by atoms with Gasteiger partial charge in [-0.05, 0) is 62.6 Å². The Bertz CT molecular complexity index is 862. The highest BCUT2D eigenvalue weighted by atomic mass is 79.9. The Balaban J connectivity index is 0.00000320. The number of benzene rings is 2. The van der Waals surface area contributed by atoms with E-state index in [1.807, 2.05) is 39.1 Å². The van der Waals surface area contributed by atoms with Crippen molar-refractivity contribution in [1.29, 1.82) is 0 Å². The first-order valence-corrected chi connectivity index (χ1v) is 10.6. The van der Waals surface area contributed by atoms with Crippen LogP contribution in [-0.2, 0) is 9.53 Å². The molecular weight excluding hydrogens is 473 g/mol. The van der Waals surface area contributed by atoms with Crippen molar-refractivity contribution in [2.45, 2.75) is 44.8 Å². The number of ether oxygens (including phenoxy) is 2. The number of nitrogens with zero attached hydrogens (tertiary/aromatic N) is 1. The summed E-state index contributed by atoms with van der Waals surface area (Å²) in [4.78, 5) is 14.7. The normalized spacial score (nSPS) is 20.6. The number of esters is 1.